The molecule has 1 fully saturated rings. The standard InChI is InChI=1S/C9H13NO3S2/c1-3-4-7(11)10-6(8(12)13-2)5-15-9(10)14/h6H,3-5H2,1-2H3. The lowest BCUT2D eigenvalue weighted by Crippen LogP contribution is -2.43. The Kier molecular flexibility index (Phi) is 4.53. The second-order valence-corrected chi connectivity index (χ2v) is 4.78. The predicted octanol–water partition coefficient (Wildman–Crippen LogP) is 1.19. The maximum atomic E-state index is 11.7. The van der Waals surface area contributed by atoms with E-state index in [2.05, 4.69) is 4.74 Å². The van der Waals surface area contributed by atoms with E-state index in [9.17, 15) is 9.59 Å². The van der Waals surface area contributed by atoms with E-state index in [-0.39, 0.29) is 5.91 Å². The zero-order valence-electron chi connectivity index (χ0n) is 8.69. The Balaban J connectivity index is 2.77. The summed E-state index contributed by atoms with van der Waals surface area (Å²) in [5, 5.41) is 0. The first-order chi connectivity index (χ1) is 7.11. The quantitative estimate of drug-likeness (QED) is 0.554. The third-order valence-corrected chi connectivity index (χ3v) is 3.56. The van der Waals surface area contributed by atoms with Crippen molar-refractivity contribution in [2.24, 2.45) is 0 Å². The van der Waals surface area contributed by atoms with Gasteiger partial charge in [-0.1, -0.05) is 30.9 Å². The van der Waals surface area contributed by atoms with E-state index in [1.54, 1.807) is 0 Å². The number of nitrogens with zero attached hydrogens (tertiary/aromatic N) is 1. The van der Waals surface area contributed by atoms with Crippen LogP contribution in [0.15, 0.2) is 0 Å². The van der Waals surface area contributed by atoms with E-state index in [1.165, 1.54) is 23.8 Å². The monoisotopic (exact) mass is 247 g/mol. The molecule has 1 amide bonds. The van der Waals surface area contributed by atoms with Crippen molar-refractivity contribution in [1.29, 1.82) is 0 Å². The Morgan fingerprint density at radius 1 is 1.67 bits per heavy atom. The number of amides is 1. The van der Waals surface area contributed by atoms with Crippen molar-refractivity contribution in [3.63, 3.8) is 0 Å². The summed E-state index contributed by atoms with van der Waals surface area (Å²) in [6, 6.07) is -0.536. The molecule has 1 aliphatic heterocycles. The molecule has 15 heavy (non-hydrogen) atoms. The van der Waals surface area contributed by atoms with Crippen LogP contribution >= 0.6 is 24.0 Å². The molecule has 4 nitrogen and oxygen atoms in total. The minimum Gasteiger partial charge on any atom is -0.467 e. The SMILES string of the molecule is CCCC(=O)N1C(=S)SCC1C(=O)OC. The molecule has 1 atom stereocenters. The molecule has 0 bridgehead atoms. The molecule has 0 saturated carbocycles. The number of rotatable bonds is 3. The maximum absolute atomic E-state index is 11.7. The summed E-state index contributed by atoms with van der Waals surface area (Å²) in [5.74, 6) is 0.00994. The molecule has 0 spiro atoms. The molecule has 6 heteroatoms. The largest absolute Gasteiger partial charge is 0.467 e. The van der Waals surface area contributed by atoms with Gasteiger partial charge in [0.25, 0.3) is 0 Å². The van der Waals surface area contributed by atoms with Crippen LogP contribution in [0.3, 0.4) is 0 Å². The van der Waals surface area contributed by atoms with Gasteiger partial charge in [-0.2, -0.15) is 0 Å². The van der Waals surface area contributed by atoms with Crippen molar-refractivity contribution in [2.75, 3.05) is 12.9 Å². The Labute approximate surface area is 98.3 Å². The fourth-order valence-corrected chi connectivity index (χ4v) is 2.73. The Morgan fingerprint density at radius 3 is 2.87 bits per heavy atom. The molecule has 1 heterocycles. The molecule has 0 aromatic rings. The van der Waals surface area contributed by atoms with Gasteiger partial charge in [0, 0.05) is 12.2 Å². The fourth-order valence-electron chi connectivity index (χ4n) is 1.34. The highest BCUT2D eigenvalue weighted by Crippen LogP contribution is 2.26. The Hall–Kier alpha value is -0.620. The van der Waals surface area contributed by atoms with Crippen molar-refractivity contribution in [1.82, 2.24) is 4.90 Å². The van der Waals surface area contributed by atoms with E-state index in [0.29, 0.717) is 16.5 Å². The number of esters is 1. The first kappa shape index (κ1) is 12.4. The van der Waals surface area contributed by atoms with Crippen molar-refractivity contribution in [2.45, 2.75) is 25.8 Å². The van der Waals surface area contributed by atoms with Crippen molar-refractivity contribution >= 4 is 40.2 Å². The van der Waals surface area contributed by atoms with Crippen LogP contribution in [0, 0.1) is 0 Å². The fraction of sp³-hybridized carbons (Fsp3) is 0.667. The lowest BCUT2D eigenvalue weighted by atomic mass is 10.2. The summed E-state index contributed by atoms with van der Waals surface area (Å²) in [4.78, 5) is 24.5. The molecule has 1 aliphatic rings. The zero-order chi connectivity index (χ0) is 11.4. The second kappa shape index (κ2) is 5.46. The summed E-state index contributed by atoms with van der Waals surface area (Å²) in [6.45, 7) is 1.91. The van der Waals surface area contributed by atoms with E-state index < -0.39 is 12.0 Å². The lowest BCUT2D eigenvalue weighted by Gasteiger charge is -2.21. The number of thiocarbonyl (C=S) groups is 1. The Bertz CT molecular complexity index is 293. The molecule has 1 unspecified atom stereocenters. The van der Waals surface area contributed by atoms with Gasteiger partial charge in [-0.15, -0.1) is 0 Å². The average Bonchev–Trinajstić information content (AvgIpc) is 2.59. The molecule has 0 aliphatic carbocycles. The topological polar surface area (TPSA) is 46.6 Å². The van der Waals surface area contributed by atoms with Crippen LogP contribution in [0.25, 0.3) is 0 Å². The van der Waals surface area contributed by atoms with Crippen molar-refractivity contribution in [3.05, 3.63) is 0 Å². The second-order valence-electron chi connectivity index (χ2n) is 3.13. The normalized spacial score (nSPS) is 20.5. The van der Waals surface area contributed by atoms with Crippen LogP contribution in [0.2, 0.25) is 0 Å². The van der Waals surface area contributed by atoms with Gasteiger partial charge < -0.3 is 4.74 Å². The summed E-state index contributed by atoms with van der Waals surface area (Å²) in [7, 11) is 1.32. The number of methoxy groups -OCH3 is 1. The molecular formula is C9H13NO3S2. The minimum absolute atomic E-state index is 0.0945. The lowest BCUT2D eigenvalue weighted by molar-refractivity contribution is -0.148. The number of hydrogen-bond donors (Lipinski definition) is 0. The summed E-state index contributed by atoms with van der Waals surface area (Å²) < 4.78 is 5.11. The molecule has 0 aromatic carbocycles. The highest BCUT2D eigenvalue weighted by molar-refractivity contribution is 8.23. The van der Waals surface area contributed by atoms with Crippen LogP contribution in [0.4, 0.5) is 0 Å². The number of thioether (sulfide) groups is 1. The first-order valence-electron chi connectivity index (χ1n) is 4.68. The van der Waals surface area contributed by atoms with Crippen LogP contribution in [0.1, 0.15) is 19.8 Å². The van der Waals surface area contributed by atoms with Gasteiger partial charge >= 0.3 is 5.97 Å². The average molecular weight is 247 g/mol. The minimum atomic E-state index is -0.536. The van der Waals surface area contributed by atoms with Crippen LogP contribution in [0.5, 0.6) is 0 Å². The molecule has 1 rings (SSSR count). The van der Waals surface area contributed by atoms with Gasteiger partial charge in [0.1, 0.15) is 10.4 Å². The molecule has 0 N–H and O–H groups in total. The van der Waals surface area contributed by atoms with Crippen LogP contribution < -0.4 is 0 Å². The molecular weight excluding hydrogens is 234 g/mol. The van der Waals surface area contributed by atoms with Crippen LogP contribution in [-0.4, -0.2) is 40.0 Å². The smallest absolute Gasteiger partial charge is 0.329 e. The summed E-state index contributed by atoms with van der Waals surface area (Å²) in [5.41, 5.74) is 0. The third kappa shape index (κ3) is 2.69. The van der Waals surface area contributed by atoms with E-state index in [4.69, 9.17) is 12.2 Å². The highest BCUT2D eigenvalue weighted by atomic mass is 32.2. The van der Waals surface area contributed by atoms with Crippen LogP contribution in [-0.2, 0) is 14.3 Å². The van der Waals surface area contributed by atoms with E-state index in [0.717, 1.165) is 6.42 Å². The first-order valence-corrected chi connectivity index (χ1v) is 6.07. The van der Waals surface area contributed by atoms with Crippen molar-refractivity contribution < 1.29 is 14.3 Å². The van der Waals surface area contributed by atoms with Gasteiger partial charge in [-0.05, 0) is 6.42 Å². The number of carbonyl (C=O) groups is 2. The zero-order valence-corrected chi connectivity index (χ0v) is 10.3. The summed E-state index contributed by atoms with van der Waals surface area (Å²) in [6.07, 6.45) is 1.16. The molecule has 1 saturated heterocycles. The van der Waals surface area contributed by atoms with Gasteiger partial charge in [0.05, 0.1) is 7.11 Å². The van der Waals surface area contributed by atoms with Gasteiger partial charge in [0.15, 0.2) is 0 Å². The predicted molar refractivity (Wildman–Crippen MR) is 62.6 cm³/mol. The molecule has 0 aromatic heterocycles. The third-order valence-electron chi connectivity index (χ3n) is 2.08. The van der Waals surface area contributed by atoms with E-state index in [1.807, 2.05) is 6.92 Å². The van der Waals surface area contributed by atoms with E-state index >= 15 is 0 Å². The number of carbonyl (C=O) groups excluding carboxylic acids is 2. The van der Waals surface area contributed by atoms with Gasteiger partial charge in [-0.3, -0.25) is 9.69 Å². The maximum Gasteiger partial charge on any atom is 0.329 e. The Morgan fingerprint density at radius 2 is 2.33 bits per heavy atom. The molecule has 84 valence electrons. The van der Waals surface area contributed by atoms with Gasteiger partial charge in [0.2, 0.25) is 5.91 Å². The highest BCUT2D eigenvalue weighted by Gasteiger charge is 2.38. The summed E-state index contributed by atoms with van der Waals surface area (Å²) >= 11 is 6.38. The van der Waals surface area contributed by atoms with Gasteiger partial charge in [-0.25, -0.2) is 4.79 Å². The number of hydrogen-bond acceptors (Lipinski definition) is 5. The van der Waals surface area contributed by atoms with Crippen molar-refractivity contribution in [3.8, 4) is 0 Å². The molecule has 0 radical (unpaired) electrons. The number of ether oxygens (including phenoxy) is 1.